The van der Waals surface area contributed by atoms with E-state index in [9.17, 15) is 0 Å². The highest BCUT2D eigenvalue weighted by Crippen LogP contribution is 2.16. The molecule has 16 heavy (non-hydrogen) atoms. The van der Waals surface area contributed by atoms with Crippen LogP contribution in [0.15, 0.2) is 29.9 Å². The minimum atomic E-state index is 0.726. The summed E-state index contributed by atoms with van der Waals surface area (Å²) in [5.41, 5.74) is 2.87. The van der Waals surface area contributed by atoms with Crippen LogP contribution in [-0.4, -0.2) is 4.98 Å². The Morgan fingerprint density at radius 1 is 1.44 bits per heavy atom. The van der Waals surface area contributed by atoms with Crippen molar-refractivity contribution in [2.45, 2.75) is 13.5 Å². The summed E-state index contributed by atoms with van der Waals surface area (Å²) in [5, 5.41) is 13.8. The normalized spacial score (nSPS) is 9.75. The molecule has 2 aromatic rings. The SMILES string of the molecule is Cc1cncc(NCc2cc(C#N)cs2)c1. The summed E-state index contributed by atoms with van der Waals surface area (Å²) in [5.74, 6) is 0. The van der Waals surface area contributed by atoms with Gasteiger partial charge in [0.05, 0.1) is 11.3 Å². The zero-order valence-corrected chi connectivity index (χ0v) is 9.71. The van der Waals surface area contributed by atoms with Crippen LogP contribution in [0.5, 0.6) is 0 Å². The van der Waals surface area contributed by atoms with E-state index in [1.54, 1.807) is 17.5 Å². The summed E-state index contributed by atoms with van der Waals surface area (Å²) in [4.78, 5) is 5.26. The maximum Gasteiger partial charge on any atom is 0.100 e. The van der Waals surface area contributed by atoms with Gasteiger partial charge in [-0.1, -0.05) is 0 Å². The molecule has 0 aliphatic heterocycles. The van der Waals surface area contributed by atoms with Crippen LogP contribution in [0, 0.1) is 18.3 Å². The molecule has 80 valence electrons. The van der Waals surface area contributed by atoms with Crippen LogP contribution in [0.2, 0.25) is 0 Å². The molecule has 0 aromatic carbocycles. The lowest BCUT2D eigenvalue weighted by molar-refractivity contribution is 1.16. The van der Waals surface area contributed by atoms with E-state index in [4.69, 9.17) is 5.26 Å². The fraction of sp³-hybridized carbons (Fsp3) is 0.167. The van der Waals surface area contributed by atoms with E-state index in [0.717, 1.165) is 28.2 Å². The molecule has 0 fully saturated rings. The molecule has 0 saturated heterocycles. The van der Waals surface area contributed by atoms with Crippen molar-refractivity contribution in [3.05, 3.63) is 45.9 Å². The fourth-order valence-electron chi connectivity index (χ4n) is 1.37. The number of thiophene rings is 1. The molecule has 2 rings (SSSR count). The van der Waals surface area contributed by atoms with Gasteiger partial charge in [0.25, 0.3) is 0 Å². The Hall–Kier alpha value is -1.86. The fourth-order valence-corrected chi connectivity index (χ4v) is 2.12. The van der Waals surface area contributed by atoms with Crippen molar-refractivity contribution >= 4 is 17.0 Å². The van der Waals surface area contributed by atoms with Crippen molar-refractivity contribution in [3.8, 4) is 6.07 Å². The van der Waals surface area contributed by atoms with Gasteiger partial charge in [0.2, 0.25) is 0 Å². The third kappa shape index (κ3) is 2.59. The molecule has 0 amide bonds. The van der Waals surface area contributed by atoms with E-state index in [0.29, 0.717) is 0 Å². The third-order valence-electron chi connectivity index (χ3n) is 2.12. The molecule has 0 aliphatic rings. The number of nitrogens with one attached hydrogen (secondary N) is 1. The minimum absolute atomic E-state index is 0.726. The van der Waals surface area contributed by atoms with E-state index >= 15 is 0 Å². The van der Waals surface area contributed by atoms with Gasteiger partial charge in [0, 0.05) is 29.2 Å². The van der Waals surface area contributed by atoms with E-state index in [1.807, 2.05) is 30.6 Å². The lowest BCUT2D eigenvalue weighted by Crippen LogP contribution is -1.97. The first kappa shape index (κ1) is 10.7. The summed E-state index contributed by atoms with van der Waals surface area (Å²) in [6.45, 7) is 2.74. The standard InChI is InChI=1S/C12H11N3S/c1-9-2-11(6-14-5-9)15-7-12-3-10(4-13)8-16-12/h2-3,5-6,8,15H,7H2,1H3. The molecule has 0 radical (unpaired) electrons. The van der Waals surface area contributed by atoms with Crippen LogP contribution in [0.3, 0.4) is 0 Å². The van der Waals surface area contributed by atoms with Crippen molar-refractivity contribution < 1.29 is 0 Å². The van der Waals surface area contributed by atoms with E-state index in [2.05, 4.69) is 16.4 Å². The van der Waals surface area contributed by atoms with Gasteiger partial charge < -0.3 is 5.32 Å². The van der Waals surface area contributed by atoms with Crippen molar-refractivity contribution in [2.75, 3.05) is 5.32 Å². The summed E-state index contributed by atoms with van der Waals surface area (Å²) in [7, 11) is 0. The topological polar surface area (TPSA) is 48.7 Å². The summed E-state index contributed by atoms with van der Waals surface area (Å²) < 4.78 is 0. The van der Waals surface area contributed by atoms with Crippen LogP contribution in [-0.2, 0) is 6.54 Å². The average molecular weight is 229 g/mol. The number of nitriles is 1. The lowest BCUT2D eigenvalue weighted by Gasteiger charge is -2.04. The van der Waals surface area contributed by atoms with Gasteiger partial charge >= 0.3 is 0 Å². The molecule has 2 heterocycles. The number of anilines is 1. The van der Waals surface area contributed by atoms with E-state index in [1.165, 1.54) is 0 Å². The molecule has 0 saturated carbocycles. The number of nitrogens with zero attached hydrogens (tertiary/aromatic N) is 2. The van der Waals surface area contributed by atoms with Gasteiger partial charge in [-0.05, 0) is 24.6 Å². The van der Waals surface area contributed by atoms with Crippen LogP contribution < -0.4 is 5.32 Å². The Labute approximate surface area is 98.4 Å². The predicted molar refractivity (Wildman–Crippen MR) is 65.3 cm³/mol. The lowest BCUT2D eigenvalue weighted by atomic mass is 10.3. The molecular weight excluding hydrogens is 218 g/mol. The molecule has 1 N–H and O–H groups in total. The van der Waals surface area contributed by atoms with Gasteiger partial charge in [-0.2, -0.15) is 5.26 Å². The van der Waals surface area contributed by atoms with Crippen molar-refractivity contribution in [1.82, 2.24) is 4.98 Å². The van der Waals surface area contributed by atoms with Gasteiger partial charge in [0.1, 0.15) is 6.07 Å². The maximum absolute atomic E-state index is 8.70. The molecule has 0 bridgehead atoms. The Morgan fingerprint density at radius 3 is 3.00 bits per heavy atom. The quantitative estimate of drug-likeness (QED) is 0.880. The van der Waals surface area contributed by atoms with Crippen LogP contribution in [0.1, 0.15) is 16.0 Å². The maximum atomic E-state index is 8.70. The highest BCUT2D eigenvalue weighted by atomic mass is 32.1. The van der Waals surface area contributed by atoms with Crippen LogP contribution in [0.25, 0.3) is 0 Å². The Morgan fingerprint density at radius 2 is 2.31 bits per heavy atom. The zero-order valence-electron chi connectivity index (χ0n) is 8.90. The van der Waals surface area contributed by atoms with Gasteiger partial charge in [-0.15, -0.1) is 11.3 Å². The van der Waals surface area contributed by atoms with Crippen molar-refractivity contribution in [1.29, 1.82) is 5.26 Å². The zero-order chi connectivity index (χ0) is 11.4. The summed E-state index contributed by atoms with van der Waals surface area (Å²) >= 11 is 1.59. The van der Waals surface area contributed by atoms with Crippen molar-refractivity contribution in [2.24, 2.45) is 0 Å². The molecular formula is C12H11N3S. The largest absolute Gasteiger partial charge is 0.379 e. The second-order valence-electron chi connectivity index (χ2n) is 3.52. The first-order chi connectivity index (χ1) is 7.78. The Kier molecular flexibility index (Phi) is 3.18. The first-order valence-corrected chi connectivity index (χ1v) is 5.79. The first-order valence-electron chi connectivity index (χ1n) is 4.91. The summed E-state index contributed by atoms with van der Waals surface area (Å²) in [6, 6.07) is 6.08. The monoisotopic (exact) mass is 229 g/mol. The van der Waals surface area contributed by atoms with Crippen LogP contribution >= 0.6 is 11.3 Å². The second kappa shape index (κ2) is 4.77. The van der Waals surface area contributed by atoms with Gasteiger partial charge in [-0.3, -0.25) is 4.98 Å². The predicted octanol–water partition coefficient (Wildman–Crippen LogP) is 2.94. The van der Waals surface area contributed by atoms with Crippen molar-refractivity contribution in [3.63, 3.8) is 0 Å². The minimum Gasteiger partial charge on any atom is -0.379 e. The smallest absolute Gasteiger partial charge is 0.100 e. The third-order valence-corrected chi connectivity index (χ3v) is 3.06. The number of rotatable bonds is 3. The number of pyridine rings is 1. The molecule has 0 spiro atoms. The Balaban J connectivity index is 2.00. The molecule has 0 atom stereocenters. The van der Waals surface area contributed by atoms with Gasteiger partial charge in [0.15, 0.2) is 0 Å². The second-order valence-corrected chi connectivity index (χ2v) is 4.51. The Bertz CT molecular complexity index is 525. The number of hydrogen-bond acceptors (Lipinski definition) is 4. The molecule has 3 nitrogen and oxygen atoms in total. The van der Waals surface area contributed by atoms with Crippen LogP contribution in [0.4, 0.5) is 5.69 Å². The average Bonchev–Trinajstić information content (AvgIpc) is 2.74. The number of hydrogen-bond donors (Lipinski definition) is 1. The van der Waals surface area contributed by atoms with E-state index < -0.39 is 0 Å². The summed E-state index contributed by atoms with van der Waals surface area (Å²) in [6.07, 6.45) is 3.62. The van der Waals surface area contributed by atoms with Gasteiger partial charge in [-0.25, -0.2) is 0 Å². The highest BCUT2D eigenvalue weighted by Gasteiger charge is 1.99. The molecule has 0 unspecified atom stereocenters. The molecule has 0 aliphatic carbocycles. The molecule has 2 aromatic heterocycles. The van der Waals surface area contributed by atoms with E-state index in [-0.39, 0.29) is 0 Å². The number of aryl methyl sites for hydroxylation is 1. The highest BCUT2D eigenvalue weighted by molar-refractivity contribution is 7.10. The number of aromatic nitrogens is 1. The molecule has 4 heteroatoms.